The number of carboxylic acids is 1. The van der Waals surface area contributed by atoms with Crippen LogP contribution in [-0.4, -0.2) is 23.1 Å². The van der Waals surface area contributed by atoms with Crippen LogP contribution in [0.15, 0.2) is 12.2 Å². The number of carbonyl (C=O) groups excluding carboxylic acids is 1. The number of carboxylic acid groups (broad SMARTS) is 1. The van der Waals surface area contributed by atoms with Gasteiger partial charge in [0, 0.05) is 12.8 Å². The maximum Gasteiger partial charge on any atom is 0.306 e. The van der Waals surface area contributed by atoms with Gasteiger partial charge in [-0.25, -0.2) is 0 Å². The Labute approximate surface area is 325 Å². The Kier molecular flexibility index (Phi) is 43.0. The molecule has 0 aliphatic carbocycles. The molecular formula is C48H92O4. The van der Waals surface area contributed by atoms with Gasteiger partial charge in [-0.3, -0.25) is 9.59 Å². The lowest BCUT2D eigenvalue weighted by Gasteiger charge is -2.18. The summed E-state index contributed by atoms with van der Waals surface area (Å²) < 4.78 is 6.08. The van der Waals surface area contributed by atoms with Gasteiger partial charge in [-0.05, 0) is 64.2 Å². The minimum atomic E-state index is -0.674. The third-order valence-corrected chi connectivity index (χ3v) is 11.0. The summed E-state index contributed by atoms with van der Waals surface area (Å²) >= 11 is 0. The maximum absolute atomic E-state index is 12.8. The van der Waals surface area contributed by atoms with Crippen molar-refractivity contribution in [2.24, 2.45) is 0 Å². The second-order valence-electron chi connectivity index (χ2n) is 16.3. The zero-order valence-electron chi connectivity index (χ0n) is 35.4. The quantitative estimate of drug-likeness (QED) is 0.0385. The highest BCUT2D eigenvalue weighted by Gasteiger charge is 2.14. The number of ether oxygens (including phenoxy) is 1. The van der Waals surface area contributed by atoms with E-state index >= 15 is 0 Å². The van der Waals surface area contributed by atoms with Crippen molar-refractivity contribution in [2.75, 3.05) is 0 Å². The molecule has 0 aromatic rings. The first-order valence-electron chi connectivity index (χ1n) is 23.7. The number of hydrogen-bond acceptors (Lipinski definition) is 3. The van der Waals surface area contributed by atoms with Crippen LogP contribution < -0.4 is 0 Å². The third-order valence-electron chi connectivity index (χ3n) is 11.0. The number of allylic oxidation sites excluding steroid dienone is 2. The fraction of sp³-hybridized carbons (Fsp3) is 0.917. The van der Waals surface area contributed by atoms with Crippen LogP contribution in [0.25, 0.3) is 0 Å². The molecule has 0 saturated heterocycles. The summed E-state index contributed by atoms with van der Waals surface area (Å²) in [5, 5.41) is 8.75. The molecule has 0 amide bonds. The number of aliphatic carboxylic acids is 1. The minimum Gasteiger partial charge on any atom is -0.481 e. The van der Waals surface area contributed by atoms with Gasteiger partial charge in [0.25, 0.3) is 0 Å². The van der Waals surface area contributed by atoms with Crippen LogP contribution in [0.4, 0.5) is 0 Å². The highest BCUT2D eigenvalue weighted by atomic mass is 16.5. The lowest BCUT2D eigenvalue weighted by Crippen LogP contribution is -2.18. The Morgan fingerprint density at radius 1 is 0.404 bits per heavy atom. The molecule has 0 heterocycles. The van der Waals surface area contributed by atoms with E-state index in [2.05, 4.69) is 26.0 Å². The van der Waals surface area contributed by atoms with Gasteiger partial charge in [0.15, 0.2) is 0 Å². The molecule has 0 fully saturated rings. The minimum absolute atomic E-state index is 0.0390. The largest absolute Gasteiger partial charge is 0.481 e. The molecule has 1 N–H and O–H groups in total. The standard InChI is InChI=1S/C48H92O4/c1-3-5-7-9-11-13-14-15-16-17-18-19-20-21-22-23-24-29-33-37-41-45-48(51)52-46(42-38-34-30-26-12-10-8-6-4-2)43-39-35-31-27-25-28-32-36-40-44-47(49)50/h15-16,46H,3-14,17-45H2,1-2H3,(H,49,50)/b16-15-. The SMILES string of the molecule is CCCCCCCC/C=C\CCCCCCCCCCCCCC(=O)OC(CCCCCCCCCCC)CCCCCCCCCCCC(=O)O. The van der Waals surface area contributed by atoms with Crippen molar-refractivity contribution in [3.8, 4) is 0 Å². The number of unbranched alkanes of at least 4 members (excludes halogenated alkanes) is 33. The van der Waals surface area contributed by atoms with Crippen molar-refractivity contribution >= 4 is 11.9 Å². The van der Waals surface area contributed by atoms with Crippen LogP contribution in [0, 0.1) is 0 Å². The number of hydrogen-bond donors (Lipinski definition) is 1. The summed E-state index contributed by atoms with van der Waals surface area (Å²) in [6.07, 6.45) is 55.5. The Morgan fingerprint density at radius 3 is 1.04 bits per heavy atom. The fourth-order valence-electron chi connectivity index (χ4n) is 7.48. The zero-order valence-corrected chi connectivity index (χ0v) is 35.4. The molecule has 1 unspecified atom stereocenters. The molecule has 0 bridgehead atoms. The number of rotatable bonds is 44. The molecule has 0 rings (SSSR count). The third kappa shape index (κ3) is 43.1. The fourth-order valence-corrected chi connectivity index (χ4v) is 7.48. The van der Waals surface area contributed by atoms with Crippen LogP contribution in [-0.2, 0) is 14.3 Å². The van der Waals surface area contributed by atoms with Crippen molar-refractivity contribution in [1.82, 2.24) is 0 Å². The van der Waals surface area contributed by atoms with Crippen LogP contribution in [0.5, 0.6) is 0 Å². The normalized spacial score (nSPS) is 12.2. The number of esters is 1. The molecule has 0 radical (unpaired) electrons. The van der Waals surface area contributed by atoms with Crippen molar-refractivity contribution in [3.05, 3.63) is 12.2 Å². The Bertz CT molecular complexity index is 747. The second-order valence-corrected chi connectivity index (χ2v) is 16.3. The van der Waals surface area contributed by atoms with E-state index in [0.29, 0.717) is 12.8 Å². The van der Waals surface area contributed by atoms with Gasteiger partial charge in [0.05, 0.1) is 0 Å². The predicted octanol–water partition coefficient (Wildman–Crippen LogP) is 16.6. The van der Waals surface area contributed by atoms with Crippen LogP contribution >= 0.6 is 0 Å². The second kappa shape index (κ2) is 44.1. The average molecular weight is 733 g/mol. The summed E-state index contributed by atoms with van der Waals surface area (Å²) in [5.41, 5.74) is 0. The molecule has 4 nitrogen and oxygen atoms in total. The van der Waals surface area contributed by atoms with Gasteiger partial charge in [-0.15, -0.1) is 0 Å². The summed E-state index contributed by atoms with van der Waals surface area (Å²) in [6.45, 7) is 4.56. The average Bonchev–Trinajstić information content (AvgIpc) is 3.13. The lowest BCUT2D eigenvalue weighted by molar-refractivity contribution is -0.150. The first kappa shape index (κ1) is 50.7. The highest BCUT2D eigenvalue weighted by molar-refractivity contribution is 5.69. The molecule has 0 aliphatic heterocycles. The molecule has 0 aromatic heterocycles. The van der Waals surface area contributed by atoms with E-state index in [9.17, 15) is 9.59 Å². The van der Waals surface area contributed by atoms with Crippen molar-refractivity contribution in [2.45, 2.75) is 283 Å². The van der Waals surface area contributed by atoms with Crippen LogP contribution in [0.1, 0.15) is 277 Å². The number of carbonyl (C=O) groups is 2. The van der Waals surface area contributed by atoms with Gasteiger partial charge in [0.1, 0.15) is 6.10 Å². The smallest absolute Gasteiger partial charge is 0.306 e. The van der Waals surface area contributed by atoms with E-state index in [0.717, 1.165) is 51.4 Å². The van der Waals surface area contributed by atoms with Crippen molar-refractivity contribution in [1.29, 1.82) is 0 Å². The topological polar surface area (TPSA) is 63.6 Å². The Morgan fingerprint density at radius 2 is 0.692 bits per heavy atom. The molecule has 0 aromatic carbocycles. The van der Waals surface area contributed by atoms with Crippen molar-refractivity contribution < 1.29 is 19.4 Å². The first-order chi connectivity index (χ1) is 25.6. The molecule has 52 heavy (non-hydrogen) atoms. The van der Waals surface area contributed by atoms with Crippen LogP contribution in [0.2, 0.25) is 0 Å². The van der Waals surface area contributed by atoms with Gasteiger partial charge in [-0.2, -0.15) is 0 Å². The molecule has 0 spiro atoms. The first-order valence-corrected chi connectivity index (χ1v) is 23.7. The molecule has 1 atom stereocenters. The summed E-state index contributed by atoms with van der Waals surface area (Å²) in [7, 11) is 0. The summed E-state index contributed by atoms with van der Waals surface area (Å²) in [6, 6.07) is 0. The monoisotopic (exact) mass is 733 g/mol. The molecular weight excluding hydrogens is 641 g/mol. The Hall–Kier alpha value is -1.32. The molecule has 308 valence electrons. The van der Waals surface area contributed by atoms with E-state index < -0.39 is 5.97 Å². The van der Waals surface area contributed by atoms with Gasteiger partial charge >= 0.3 is 11.9 Å². The van der Waals surface area contributed by atoms with E-state index in [-0.39, 0.29) is 12.1 Å². The molecule has 0 saturated carbocycles. The van der Waals surface area contributed by atoms with E-state index in [1.54, 1.807) is 0 Å². The van der Waals surface area contributed by atoms with E-state index in [1.165, 1.54) is 199 Å². The van der Waals surface area contributed by atoms with E-state index in [4.69, 9.17) is 9.84 Å². The van der Waals surface area contributed by atoms with Crippen LogP contribution in [0.3, 0.4) is 0 Å². The van der Waals surface area contributed by atoms with E-state index in [1.807, 2.05) is 0 Å². The molecule has 4 heteroatoms. The van der Waals surface area contributed by atoms with Crippen molar-refractivity contribution in [3.63, 3.8) is 0 Å². The predicted molar refractivity (Wildman–Crippen MR) is 227 cm³/mol. The summed E-state index contributed by atoms with van der Waals surface area (Å²) in [5.74, 6) is -0.635. The molecule has 0 aliphatic rings. The Balaban J connectivity index is 3.91. The van der Waals surface area contributed by atoms with Gasteiger partial charge < -0.3 is 9.84 Å². The lowest BCUT2D eigenvalue weighted by atomic mass is 10.0. The highest BCUT2D eigenvalue weighted by Crippen LogP contribution is 2.20. The maximum atomic E-state index is 12.8. The van der Waals surface area contributed by atoms with Gasteiger partial charge in [0.2, 0.25) is 0 Å². The van der Waals surface area contributed by atoms with Gasteiger partial charge in [-0.1, -0.05) is 212 Å². The summed E-state index contributed by atoms with van der Waals surface area (Å²) in [4.78, 5) is 23.4. The zero-order chi connectivity index (χ0) is 37.8.